The smallest absolute Gasteiger partial charge is 0.102 e. The molecule has 1 N–H and O–H groups in total. The zero-order chi connectivity index (χ0) is 24.6. The highest BCUT2D eigenvalue weighted by atomic mass is 16.5. The fourth-order valence-corrected chi connectivity index (χ4v) is 5.29. The Bertz CT molecular complexity index is 1090. The van der Waals surface area contributed by atoms with E-state index in [2.05, 4.69) is 95.9 Å². The molecule has 0 spiro atoms. The zero-order valence-corrected chi connectivity index (χ0v) is 20.4. The van der Waals surface area contributed by atoms with Gasteiger partial charge < -0.3 is 14.6 Å². The van der Waals surface area contributed by atoms with E-state index in [0.717, 1.165) is 12.1 Å². The first-order chi connectivity index (χ1) is 17.8. The van der Waals surface area contributed by atoms with Crippen LogP contribution in [0, 0.1) is 0 Å². The lowest BCUT2D eigenvalue weighted by atomic mass is 9.75. The maximum Gasteiger partial charge on any atom is 0.102 e. The molecule has 1 aliphatic heterocycles. The van der Waals surface area contributed by atoms with Crippen LogP contribution in [0.4, 0.5) is 0 Å². The van der Waals surface area contributed by atoms with Gasteiger partial charge in [0.15, 0.2) is 0 Å². The van der Waals surface area contributed by atoms with Crippen LogP contribution >= 0.6 is 0 Å². The third-order valence-corrected chi connectivity index (χ3v) is 6.95. The Morgan fingerprint density at radius 3 is 1.72 bits per heavy atom. The van der Waals surface area contributed by atoms with E-state index in [1.54, 1.807) is 0 Å². The third kappa shape index (κ3) is 5.13. The van der Waals surface area contributed by atoms with Crippen LogP contribution in [0.15, 0.2) is 121 Å². The molecule has 184 valence electrons. The summed E-state index contributed by atoms with van der Waals surface area (Å²) in [5.41, 5.74) is 4.07. The van der Waals surface area contributed by atoms with Gasteiger partial charge in [-0.2, -0.15) is 0 Å². The van der Waals surface area contributed by atoms with Crippen LogP contribution in [0.2, 0.25) is 0 Å². The molecule has 4 aromatic carbocycles. The van der Waals surface area contributed by atoms with Crippen molar-refractivity contribution in [2.45, 2.75) is 17.7 Å². The molecule has 1 aliphatic rings. The van der Waals surface area contributed by atoms with Crippen LogP contribution in [0.25, 0.3) is 0 Å². The Hall–Kier alpha value is -3.28. The van der Waals surface area contributed by atoms with Gasteiger partial charge in [-0.1, -0.05) is 121 Å². The van der Waals surface area contributed by atoms with Crippen molar-refractivity contribution in [1.29, 1.82) is 0 Å². The highest BCUT2D eigenvalue weighted by molar-refractivity contribution is 5.49. The van der Waals surface area contributed by atoms with Crippen LogP contribution in [-0.2, 0) is 15.0 Å². The Morgan fingerprint density at radius 2 is 1.22 bits per heavy atom. The van der Waals surface area contributed by atoms with E-state index in [-0.39, 0.29) is 12.7 Å². The van der Waals surface area contributed by atoms with Gasteiger partial charge in [0.2, 0.25) is 0 Å². The number of rotatable bonds is 9. The van der Waals surface area contributed by atoms with Crippen LogP contribution in [0.5, 0.6) is 0 Å². The van der Waals surface area contributed by atoms with Crippen molar-refractivity contribution in [3.05, 3.63) is 144 Å². The lowest BCUT2D eigenvalue weighted by molar-refractivity contribution is -0.0946. The summed E-state index contributed by atoms with van der Waals surface area (Å²) < 4.78 is 12.1. The number of benzene rings is 4. The normalized spacial score (nSPS) is 17.5. The fraction of sp³-hybridized carbons (Fsp3) is 0.250. The molecule has 1 fully saturated rings. The van der Waals surface area contributed by atoms with Crippen LogP contribution in [0.1, 0.15) is 28.4 Å². The molecule has 0 radical (unpaired) electrons. The average molecular weight is 480 g/mol. The molecule has 0 aliphatic carbocycles. The van der Waals surface area contributed by atoms with Crippen molar-refractivity contribution in [3.63, 3.8) is 0 Å². The van der Waals surface area contributed by atoms with Gasteiger partial charge in [0, 0.05) is 13.1 Å². The zero-order valence-electron chi connectivity index (χ0n) is 20.4. The lowest BCUT2D eigenvalue weighted by Gasteiger charge is -2.48. The lowest BCUT2D eigenvalue weighted by Crippen LogP contribution is -2.56. The Labute approximate surface area is 213 Å². The van der Waals surface area contributed by atoms with Gasteiger partial charge in [0.25, 0.3) is 0 Å². The van der Waals surface area contributed by atoms with Crippen LogP contribution in [-0.4, -0.2) is 49.0 Å². The molecule has 0 bridgehead atoms. The predicted molar refractivity (Wildman–Crippen MR) is 143 cm³/mol. The number of aliphatic hydroxyl groups excluding tert-OH is 1. The second kappa shape index (κ2) is 11.6. The SMILES string of the molecule is O[C@H](COCC1CN(C(c2ccccc2)(c2ccccc2)c2ccccc2)CCO1)c1ccccc1. The highest BCUT2D eigenvalue weighted by Gasteiger charge is 2.44. The van der Waals surface area contributed by atoms with Gasteiger partial charge in [-0.25, -0.2) is 0 Å². The van der Waals surface area contributed by atoms with Crippen LogP contribution < -0.4 is 0 Å². The van der Waals surface area contributed by atoms with Crippen molar-refractivity contribution in [2.24, 2.45) is 0 Å². The summed E-state index contributed by atoms with van der Waals surface area (Å²) in [6.45, 7) is 2.78. The summed E-state index contributed by atoms with van der Waals surface area (Å²) in [5, 5.41) is 10.5. The van der Waals surface area contributed by atoms with Gasteiger partial charge in [0.1, 0.15) is 6.10 Å². The first-order valence-corrected chi connectivity index (χ1v) is 12.6. The topological polar surface area (TPSA) is 41.9 Å². The van der Waals surface area contributed by atoms with Crippen molar-refractivity contribution in [2.75, 3.05) is 32.9 Å². The second-order valence-electron chi connectivity index (χ2n) is 9.21. The number of morpholine rings is 1. The summed E-state index contributed by atoms with van der Waals surface area (Å²) in [4.78, 5) is 2.53. The molecule has 1 unspecified atom stereocenters. The van der Waals surface area contributed by atoms with Crippen molar-refractivity contribution >= 4 is 0 Å². The van der Waals surface area contributed by atoms with E-state index in [1.807, 2.05) is 30.3 Å². The average Bonchev–Trinajstić information content (AvgIpc) is 2.96. The molecule has 4 heteroatoms. The van der Waals surface area contributed by atoms with Crippen LogP contribution in [0.3, 0.4) is 0 Å². The van der Waals surface area contributed by atoms with Crippen molar-refractivity contribution < 1.29 is 14.6 Å². The third-order valence-electron chi connectivity index (χ3n) is 6.95. The van der Waals surface area contributed by atoms with Gasteiger partial charge in [0.05, 0.1) is 31.5 Å². The molecular formula is C32H33NO3. The number of aliphatic hydroxyl groups is 1. The van der Waals surface area contributed by atoms with E-state index in [9.17, 15) is 5.11 Å². The molecule has 0 aromatic heterocycles. The molecule has 1 heterocycles. The first kappa shape index (κ1) is 24.4. The summed E-state index contributed by atoms with van der Waals surface area (Å²) in [6, 6.07) is 41.8. The summed E-state index contributed by atoms with van der Waals surface area (Å²) in [6.07, 6.45) is -0.750. The largest absolute Gasteiger partial charge is 0.386 e. The Balaban J connectivity index is 1.43. The molecule has 1 saturated heterocycles. The summed E-state index contributed by atoms with van der Waals surface area (Å²) in [7, 11) is 0. The number of nitrogens with zero attached hydrogens (tertiary/aromatic N) is 1. The quantitative estimate of drug-likeness (QED) is 0.325. The van der Waals surface area contributed by atoms with Gasteiger partial charge in [-0.05, 0) is 22.3 Å². The minimum atomic E-state index is -0.650. The predicted octanol–water partition coefficient (Wildman–Crippen LogP) is 5.43. The molecule has 0 amide bonds. The number of hydrogen-bond donors (Lipinski definition) is 1. The van der Waals surface area contributed by atoms with Gasteiger partial charge in [-0.15, -0.1) is 0 Å². The van der Waals surface area contributed by atoms with E-state index in [0.29, 0.717) is 19.8 Å². The van der Waals surface area contributed by atoms with E-state index >= 15 is 0 Å². The summed E-state index contributed by atoms with van der Waals surface area (Å²) >= 11 is 0. The molecule has 2 atom stereocenters. The highest BCUT2D eigenvalue weighted by Crippen LogP contribution is 2.43. The number of ether oxygens (including phenoxy) is 2. The minimum Gasteiger partial charge on any atom is -0.386 e. The standard InChI is InChI=1S/C32H33NO3/c34-31(26-13-5-1-6-14-26)25-35-24-30-23-33(21-22-36-30)32(27-15-7-2-8-16-27,28-17-9-3-10-18-28)29-19-11-4-12-20-29/h1-20,30-31,34H,21-25H2/t30?,31-/m1/s1. The minimum absolute atomic E-state index is 0.0998. The second-order valence-corrected chi connectivity index (χ2v) is 9.21. The van der Waals surface area contributed by atoms with E-state index in [1.165, 1.54) is 16.7 Å². The molecule has 4 nitrogen and oxygen atoms in total. The number of hydrogen-bond acceptors (Lipinski definition) is 4. The van der Waals surface area contributed by atoms with Gasteiger partial charge in [-0.3, -0.25) is 4.90 Å². The Kier molecular flexibility index (Phi) is 7.89. The monoisotopic (exact) mass is 479 g/mol. The molecule has 0 saturated carbocycles. The Morgan fingerprint density at radius 1 is 0.750 bits per heavy atom. The molecule has 4 aromatic rings. The van der Waals surface area contributed by atoms with Crippen molar-refractivity contribution in [1.82, 2.24) is 4.90 Å². The van der Waals surface area contributed by atoms with E-state index in [4.69, 9.17) is 9.47 Å². The molecule has 5 rings (SSSR count). The molecule has 36 heavy (non-hydrogen) atoms. The fourth-order valence-electron chi connectivity index (χ4n) is 5.29. The maximum atomic E-state index is 10.5. The maximum absolute atomic E-state index is 10.5. The van der Waals surface area contributed by atoms with Crippen molar-refractivity contribution in [3.8, 4) is 0 Å². The van der Waals surface area contributed by atoms with E-state index < -0.39 is 11.6 Å². The molecular weight excluding hydrogens is 446 g/mol. The summed E-state index contributed by atoms with van der Waals surface area (Å²) in [5.74, 6) is 0. The van der Waals surface area contributed by atoms with Gasteiger partial charge >= 0.3 is 0 Å². The first-order valence-electron chi connectivity index (χ1n) is 12.6.